The number of carboxylic acid groups (broad SMARTS) is 1. The van der Waals surface area contributed by atoms with Crippen LogP contribution in [0.2, 0.25) is 5.02 Å². The lowest BCUT2D eigenvalue weighted by atomic mass is 9.92. The molecule has 0 spiro atoms. The number of rotatable bonds is 4. The molecule has 1 aromatic carbocycles. The Morgan fingerprint density at radius 3 is 2.47 bits per heavy atom. The van der Waals surface area contributed by atoms with E-state index in [1.54, 1.807) is 24.3 Å². The van der Waals surface area contributed by atoms with Gasteiger partial charge in [0.05, 0.1) is 22.5 Å². The zero-order chi connectivity index (χ0) is 13.9. The van der Waals surface area contributed by atoms with Crippen LogP contribution in [0.1, 0.15) is 42.5 Å². The van der Waals surface area contributed by atoms with Crippen LogP contribution in [0.4, 0.5) is 0 Å². The van der Waals surface area contributed by atoms with Gasteiger partial charge in [0.2, 0.25) is 0 Å². The fraction of sp³-hybridized carbons (Fsp3) is 0.429. The summed E-state index contributed by atoms with van der Waals surface area (Å²) in [5, 5.41) is 12.3. The lowest BCUT2D eigenvalue weighted by molar-refractivity contribution is -0.138. The number of nitrogens with one attached hydrogen (secondary N) is 1. The Bertz CT molecular complexity index is 495. The molecule has 0 heterocycles. The van der Waals surface area contributed by atoms with E-state index in [1.807, 2.05) is 0 Å². The first kappa shape index (κ1) is 13.9. The Kier molecular flexibility index (Phi) is 4.10. The van der Waals surface area contributed by atoms with Gasteiger partial charge in [0, 0.05) is 0 Å². The van der Waals surface area contributed by atoms with Gasteiger partial charge in [-0.05, 0) is 25.0 Å². The van der Waals surface area contributed by atoms with Crippen LogP contribution in [0.15, 0.2) is 24.3 Å². The van der Waals surface area contributed by atoms with Crippen LogP contribution < -0.4 is 5.32 Å². The predicted molar refractivity (Wildman–Crippen MR) is 72.4 cm³/mol. The summed E-state index contributed by atoms with van der Waals surface area (Å²) in [6, 6.07) is 6.77. The van der Waals surface area contributed by atoms with Crippen molar-refractivity contribution in [2.45, 2.75) is 37.6 Å². The molecule has 1 saturated carbocycles. The SMILES string of the molecule is O=C(O)CC1(NC(=O)c2ccccc2Cl)CCCC1. The molecule has 1 fully saturated rings. The van der Waals surface area contributed by atoms with Gasteiger partial charge in [-0.3, -0.25) is 9.59 Å². The first-order valence-corrected chi connectivity index (χ1v) is 6.69. The van der Waals surface area contributed by atoms with E-state index >= 15 is 0 Å². The van der Waals surface area contributed by atoms with Crippen molar-refractivity contribution in [3.05, 3.63) is 34.9 Å². The van der Waals surface area contributed by atoms with Gasteiger partial charge in [0.1, 0.15) is 0 Å². The molecule has 0 bridgehead atoms. The van der Waals surface area contributed by atoms with E-state index in [9.17, 15) is 9.59 Å². The Hall–Kier alpha value is -1.55. The summed E-state index contributed by atoms with van der Waals surface area (Å²) < 4.78 is 0. The minimum Gasteiger partial charge on any atom is -0.481 e. The lowest BCUT2D eigenvalue weighted by Crippen LogP contribution is -2.47. The average molecular weight is 282 g/mol. The third-order valence-electron chi connectivity index (χ3n) is 3.55. The maximum Gasteiger partial charge on any atom is 0.305 e. The summed E-state index contributed by atoms with van der Waals surface area (Å²) in [6.07, 6.45) is 3.25. The van der Waals surface area contributed by atoms with Crippen molar-refractivity contribution in [2.75, 3.05) is 0 Å². The second kappa shape index (κ2) is 5.61. The van der Waals surface area contributed by atoms with Crippen molar-refractivity contribution in [3.8, 4) is 0 Å². The molecule has 1 amide bonds. The lowest BCUT2D eigenvalue weighted by Gasteiger charge is -2.28. The van der Waals surface area contributed by atoms with Gasteiger partial charge < -0.3 is 10.4 Å². The Labute approximate surface area is 116 Å². The van der Waals surface area contributed by atoms with Crippen molar-refractivity contribution in [3.63, 3.8) is 0 Å². The van der Waals surface area contributed by atoms with Gasteiger partial charge in [0.15, 0.2) is 0 Å². The van der Waals surface area contributed by atoms with Crippen LogP contribution in [-0.2, 0) is 4.79 Å². The van der Waals surface area contributed by atoms with E-state index in [4.69, 9.17) is 16.7 Å². The number of carbonyl (C=O) groups excluding carboxylic acids is 1. The summed E-state index contributed by atoms with van der Waals surface area (Å²) in [4.78, 5) is 23.2. The summed E-state index contributed by atoms with van der Waals surface area (Å²) in [7, 11) is 0. The summed E-state index contributed by atoms with van der Waals surface area (Å²) in [5.74, 6) is -1.19. The topological polar surface area (TPSA) is 66.4 Å². The average Bonchev–Trinajstić information content (AvgIpc) is 2.76. The summed E-state index contributed by atoms with van der Waals surface area (Å²) in [6.45, 7) is 0. The maximum absolute atomic E-state index is 12.2. The van der Waals surface area contributed by atoms with Gasteiger partial charge in [-0.2, -0.15) is 0 Å². The molecule has 2 N–H and O–H groups in total. The third-order valence-corrected chi connectivity index (χ3v) is 3.88. The molecule has 0 unspecified atom stereocenters. The number of hydrogen-bond donors (Lipinski definition) is 2. The van der Waals surface area contributed by atoms with Gasteiger partial charge in [0.25, 0.3) is 5.91 Å². The zero-order valence-corrected chi connectivity index (χ0v) is 11.2. The number of aliphatic carboxylic acids is 1. The van der Waals surface area contributed by atoms with E-state index in [-0.39, 0.29) is 12.3 Å². The molecular formula is C14H16ClNO3. The molecular weight excluding hydrogens is 266 g/mol. The second-order valence-corrected chi connectivity index (χ2v) is 5.40. The number of carboxylic acids is 1. The molecule has 0 saturated heterocycles. The van der Waals surface area contributed by atoms with Gasteiger partial charge in [-0.25, -0.2) is 0 Å². The molecule has 1 aliphatic rings. The minimum absolute atomic E-state index is 0.0385. The Morgan fingerprint density at radius 1 is 1.26 bits per heavy atom. The van der Waals surface area contributed by atoms with Crippen molar-refractivity contribution < 1.29 is 14.7 Å². The first-order valence-electron chi connectivity index (χ1n) is 6.31. The molecule has 0 aliphatic heterocycles. The minimum atomic E-state index is -0.888. The number of amides is 1. The van der Waals surface area contributed by atoms with Crippen molar-refractivity contribution in [1.29, 1.82) is 0 Å². The van der Waals surface area contributed by atoms with Crippen LogP contribution >= 0.6 is 11.6 Å². The zero-order valence-electron chi connectivity index (χ0n) is 10.5. The monoisotopic (exact) mass is 281 g/mol. The van der Waals surface area contributed by atoms with Crippen LogP contribution in [-0.4, -0.2) is 22.5 Å². The fourth-order valence-corrected chi connectivity index (χ4v) is 2.86. The highest BCUT2D eigenvalue weighted by Crippen LogP contribution is 2.33. The third kappa shape index (κ3) is 3.26. The number of benzene rings is 1. The van der Waals surface area contributed by atoms with Crippen molar-refractivity contribution >= 4 is 23.5 Å². The largest absolute Gasteiger partial charge is 0.481 e. The van der Waals surface area contributed by atoms with Gasteiger partial charge in [-0.15, -0.1) is 0 Å². The summed E-state index contributed by atoms with van der Waals surface area (Å²) in [5.41, 5.74) is -0.233. The van der Waals surface area contributed by atoms with Crippen LogP contribution in [0, 0.1) is 0 Å². The van der Waals surface area contributed by atoms with E-state index in [2.05, 4.69) is 5.32 Å². The number of hydrogen-bond acceptors (Lipinski definition) is 2. The molecule has 102 valence electrons. The molecule has 0 radical (unpaired) electrons. The Balaban J connectivity index is 2.16. The van der Waals surface area contributed by atoms with Gasteiger partial charge in [-0.1, -0.05) is 36.6 Å². The second-order valence-electron chi connectivity index (χ2n) is 4.99. The number of halogens is 1. The fourth-order valence-electron chi connectivity index (χ4n) is 2.64. The highest BCUT2D eigenvalue weighted by atomic mass is 35.5. The molecule has 0 atom stereocenters. The smallest absolute Gasteiger partial charge is 0.305 e. The summed E-state index contributed by atoms with van der Waals surface area (Å²) >= 11 is 5.98. The van der Waals surface area contributed by atoms with E-state index < -0.39 is 11.5 Å². The molecule has 2 rings (SSSR count). The molecule has 19 heavy (non-hydrogen) atoms. The first-order chi connectivity index (χ1) is 9.02. The molecule has 5 heteroatoms. The van der Waals surface area contributed by atoms with E-state index in [1.165, 1.54) is 0 Å². The highest BCUT2D eigenvalue weighted by molar-refractivity contribution is 6.33. The van der Waals surface area contributed by atoms with Crippen LogP contribution in [0.3, 0.4) is 0 Å². The van der Waals surface area contributed by atoms with Crippen molar-refractivity contribution in [1.82, 2.24) is 5.32 Å². The van der Waals surface area contributed by atoms with E-state index in [0.717, 1.165) is 12.8 Å². The molecule has 1 aliphatic carbocycles. The number of carbonyl (C=O) groups is 2. The standard InChI is InChI=1S/C14H16ClNO3/c15-11-6-2-1-5-10(11)13(19)16-14(9-12(17)18)7-3-4-8-14/h1-2,5-6H,3-4,7-9H2,(H,16,19)(H,17,18). The molecule has 0 aromatic heterocycles. The van der Waals surface area contributed by atoms with Crippen molar-refractivity contribution in [2.24, 2.45) is 0 Å². The normalized spacial score (nSPS) is 17.1. The maximum atomic E-state index is 12.2. The Morgan fingerprint density at radius 2 is 1.89 bits per heavy atom. The highest BCUT2D eigenvalue weighted by Gasteiger charge is 2.37. The van der Waals surface area contributed by atoms with Crippen LogP contribution in [0.25, 0.3) is 0 Å². The van der Waals surface area contributed by atoms with E-state index in [0.29, 0.717) is 23.4 Å². The predicted octanol–water partition coefficient (Wildman–Crippen LogP) is 2.86. The molecule has 1 aromatic rings. The van der Waals surface area contributed by atoms with Gasteiger partial charge >= 0.3 is 5.97 Å². The quantitative estimate of drug-likeness (QED) is 0.892. The van der Waals surface area contributed by atoms with Crippen LogP contribution in [0.5, 0.6) is 0 Å². The molecule has 4 nitrogen and oxygen atoms in total.